The molecule has 1 aromatic carbocycles. The second-order valence-electron chi connectivity index (χ2n) is 9.13. The number of nitrogens with zero attached hydrogens (tertiary/aromatic N) is 3. The maximum atomic E-state index is 14.8. The SMILES string of the molecule is C/C=C(C)\C=C(/C)n1nc(CC(C)C)cc1NC(=O)Nc1ccc(Oc2ccnc(C(=O)NC)c2)cc1F. The molecule has 9 nitrogen and oxygen atoms in total. The van der Waals surface area contributed by atoms with Gasteiger partial charge in [-0.15, -0.1) is 0 Å². The van der Waals surface area contributed by atoms with Crippen molar-refractivity contribution in [2.24, 2.45) is 5.92 Å². The first kappa shape index (κ1) is 28.1. The van der Waals surface area contributed by atoms with Crippen molar-refractivity contribution in [3.8, 4) is 11.5 Å². The zero-order chi connectivity index (χ0) is 27.8. The third kappa shape index (κ3) is 7.52. The highest BCUT2D eigenvalue weighted by atomic mass is 19.1. The van der Waals surface area contributed by atoms with Gasteiger partial charge in [0.15, 0.2) is 0 Å². The van der Waals surface area contributed by atoms with E-state index in [1.165, 1.54) is 31.4 Å². The number of carbonyl (C=O) groups is 2. The Kier molecular flexibility index (Phi) is 9.37. The van der Waals surface area contributed by atoms with E-state index in [2.05, 4.69) is 39.9 Å². The van der Waals surface area contributed by atoms with E-state index in [1.807, 2.05) is 39.0 Å². The van der Waals surface area contributed by atoms with Crippen LogP contribution < -0.4 is 20.7 Å². The van der Waals surface area contributed by atoms with Crippen LogP contribution >= 0.6 is 0 Å². The van der Waals surface area contributed by atoms with Crippen LogP contribution in [0.2, 0.25) is 0 Å². The number of rotatable bonds is 9. The van der Waals surface area contributed by atoms with Gasteiger partial charge in [0.2, 0.25) is 0 Å². The Bertz CT molecular complexity index is 1380. The lowest BCUT2D eigenvalue weighted by Gasteiger charge is -2.12. The number of hydrogen-bond donors (Lipinski definition) is 3. The lowest BCUT2D eigenvalue weighted by molar-refractivity contribution is 0.0957. The standard InChI is InChI=1S/C28H33FN6O3/c1-7-18(4)13-19(5)35-26(14-20(34-35)12-17(2)3)33-28(37)32-24-9-8-21(15-23(24)29)38-22-10-11-31-25(16-22)27(36)30-6/h7-11,13-17H,12H2,1-6H3,(H,30,36)(H2,32,33,37)/b18-7-,19-13+. The molecule has 2 heterocycles. The summed E-state index contributed by atoms with van der Waals surface area (Å²) < 4.78 is 22.1. The maximum Gasteiger partial charge on any atom is 0.324 e. The van der Waals surface area contributed by atoms with Gasteiger partial charge in [-0.2, -0.15) is 5.10 Å². The number of carbonyl (C=O) groups excluding carboxylic acids is 2. The molecule has 0 atom stereocenters. The molecule has 3 amide bonds. The van der Waals surface area contributed by atoms with Crippen LogP contribution in [0.3, 0.4) is 0 Å². The monoisotopic (exact) mass is 520 g/mol. The van der Waals surface area contributed by atoms with Crippen molar-refractivity contribution in [3.05, 3.63) is 77.5 Å². The summed E-state index contributed by atoms with van der Waals surface area (Å²) in [4.78, 5) is 28.5. The summed E-state index contributed by atoms with van der Waals surface area (Å²) in [6, 6.07) is 8.25. The number of nitrogens with one attached hydrogen (secondary N) is 3. The van der Waals surface area contributed by atoms with Crippen molar-refractivity contribution in [3.63, 3.8) is 0 Å². The van der Waals surface area contributed by atoms with Crippen LogP contribution in [-0.2, 0) is 6.42 Å². The Morgan fingerprint density at radius 1 is 1.11 bits per heavy atom. The number of halogens is 1. The molecule has 0 bridgehead atoms. The first-order valence-corrected chi connectivity index (χ1v) is 12.2. The molecule has 0 unspecified atom stereocenters. The first-order chi connectivity index (χ1) is 18.1. The van der Waals surface area contributed by atoms with Crippen LogP contribution in [0.4, 0.5) is 20.7 Å². The molecule has 38 heavy (non-hydrogen) atoms. The number of hydrogen-bond acceptors (Lipinski definition) is 5. The summed E-state index contributed by atoms with van der Waals surface area (Å²) >= 11 is 0. The van der Waals surface area contributed by atoms with E-state index in [0.29, 0.717) is 17.5 Å². The zero-order valence-electron chi connectivity index (χ0n) is 22.4. The Labute approximate surface area is 221 Å². The predicted molar refractivity (Wildman–Crippen MR) is 147 cm³/mol. The number of urea groups is 1. The van der Waals surface area contributed by atoms with Crippen molar-refractivity contribution in [2.45, 2.75) is 41.0 Å². The largest absolute Gasteiger partial charge is 0.457 e. The summed E-state index contributed by atoms with van der Waals surface area (Å²) in [6.45, 7) is 10.0. The molecular weight excluding hydrogens is 487 g/mol. The van der Waals surface area contributed by atoms with Gasteiger partial charge in [0.25, 0.3) is 5.91 Å². The Morgan fingerprint density at radius 3 is 2.50 bits per heavy atom. The van der Waals surface area contributed by atoms with Gasteiger partial charge >= 0.3 is 6.03 Å². The summed E-state index contributed by atoms with van der Waals surface area (Å²) in [6.07, 6.45) is 6.11. The third-order valence-electron chi connectivity index (χ3n) is 5.46. The van der Waals surface area contributed by atoms with Crippen LogP contribution in [0.15, 0.2) is 60.3 Å². The van der Waals surface area contributed by atoms with Gasteiger partial charge in [-0.25, -0.2) is 13.9 Å². The number of aromatic nitrogens is 3. The van der Waals surface area contributed by atoms with E-state index < -0.39 is 11.8 Å². The van der Waals surface area contributed by atoms with Gasteiger partial charge in [0.1, 0.15) is 28.8 Å². The van der Waals surface area contributed by atoms with Gasteiger partial charge in [-0.3, -0.25) is 15.1 Å². The third-order valence-corrected chi connectivity index (χ3v) is 5.46. The minimum Gasteiger partial charge on any atom is -0.457 e. The molecule has 0 saturated carbocycles. The number of amides is 3. The normalized spacial score (nSPS) is 11.9. The highest BCUT2D eigenvalue weighted by Crippen LogP contribution is 2.26. The van der Waals surface area contributed by atoms with E-state index in [1.54, 1.807) is 10.7 Å². The lowest BCUT2D eigenvalue weighted by atomic mass is 10.1. The average molecular weight is 521 g/mol. The molecular formula is C28H33FN6O3. The smallest absolute Gasteiger partial charge is 0.324 e. The molecule has 0 spiro atoms. The summed E-state index contributed by atoms with van der Waals surface area (Å²) in [5, 5.41) is 12.4. The molecule has 10 heteroatoms. The summed E-state index contributed by atoms with van der Waals surface area (Å²) in [7, 11) is 1.50. The molecule has 3 rings (SSSR count). The second kappa shape index (κ2) is 12.7. The van der Waals surface area contributed by atoms with Gasteiger partial charge < -0.3 is 15.4 Å². The highest BCUT2D eigenvalue weighted by Gasteiger charge is 2.15. The molecule has 0 aliphatic rings. The molecule has 0 radical (unpaired) electrons. The first-order valence-electron chi connectivity index (χ1n) is 12.2. The fourth-order valence-corrected chi connectivity index (χ4v) is 3.57. The van der Waals surface area contributed by atoms with Crippen molar-refractivity contribution < 1.29 is 18.7 Å². The van der Waals surface area contributed by atoms with Crippen LogP contribution in [0, 0.1) is 11.7 Å². The minimum atomic E-state index is -0.688. The average Bonchev–Trinajstić information content (AvgIpc) is 3.26. The van der Waals surface area contributed by atoms with Gasteiger partial charge in [-0.1, -0.05) is 25.5 Å². The summed E-state index contributed by atoms with van der Waals surface area (Å²) in [5.74, 6) is 0.316. The van der Waals surface area contributed by atoms with Gasteiger partial charge in [-0.05, 0) is 57.4 Å². The Morgan fingerprint density at radius 2 is 1.84 bits per heavy atom. The van der Waals surface area contributed by atoms with Crippen LogP contribution in [0.25, 0.3) is 5.70 Å². The molecule has 0 fully saturated rings. The van der Waals surface area contributed by atoms with Crippen LogP contribution in [0.1, 0.15) is 50.8 Å². The zero-order valence-corrected chi connectivity index (χ0v) is 22.4. The molecule has 0 aliphatic heterocycles. The minimum absolute atomic E-state index is 0.0267. The molecule has 2 aromatic heterocycles. The van der Waals surface area contributed by atoms with Crippen molar-refractivity contribution in [1.29, 1.82) is 0 Å². The number of ether oxygens (including phenoxy) is 1. The van der Waals surface area contributed by atoms with E-state index in [4.69, 9.17) is 4.74 Å². The Balaban J connectivity index is 1.75. The fourth-order valence-electron chi connectivity index (χ4n) is 3.57. The maximum absolute atomic E-state index is 14.8. The Hall–Kier alpha value is -4.47. The topological polar surface area (TPSA) is 110 Å². The molecule has 3 aromatic rings. The highest BCUT2D eigenvalue weighted by molar-refractivity contribution is 5.99. The van der Waals surface area contributed by atoms with Gasteiger partial charge in [0, 0.05) is 37.1 Å². The van der Waals surface area contributed by atoms with E-state index >= 15 is 0 Å². The second-order valence-corrected chi connectivity index (χ2v) is 9.13. The van der Waals surface area contributed by atoms with Crippen molar-refractivity contribution in [2.75, 3.05) is 17.7 Å². The lowest BCUT2D eigenvalue weighted by Crippen LogP contribution is -2.22. The van der Waals surface area contributed by atoms with E-state index in [0.717, 1.165) is 29.5 Å². The van der Waals surface area contributed by atoms with E-state index in [-0.39, 0.29) is 23.0 Å². The van der Waals surface area contributed by atoms with Gasteiger partial charge in [0.05, 0.1) is 11.4 Å². The number of allylic oxidation sites excluding steroid dienone is 4. The fraction of sp³-hybridized carbons (Fsp3) is 0.286. The number of pyridine rings is 1. The number of benzene rings is 1. The van der Waals surface area contributed by atoms with Crippen molar-refractivity contribution in [1.82, 2.24) is 20.1 Å². The molecule has 0 saturated heterocycles. The molecule has 200 valence electrons. The quantitative estimate of drug-likeness (QED) is 0.289. The van der Waals surface area contributed by atoms with Crippen molar-refractivity contribution >= 4 is 29.1 Å². The van der Waals surface area contributed by atoms with Crippen LogP contribution in [-0.4, -0.2) is 33.8 Å². The summed E-state index contributed by atoms with van der Waals surface area (Å²) in [5.41, 5.74) is 2.86. The molecule has 0 aliphatic carbocycles. The van der Waals surface area contributed by atoms with E-state index in [9.17, 15) is 14.0 Å². The number of anilines is 2. The molecule has 3 N–H and O–H groups in total. The predicted octanol–water partition coefficient (Wildman–Crippen LogP) is 6.24. The van der Waals surface area contributed by atoms with Crippen LogP contribution in [0.5, 0.6) is 11.5 Å².